The van der Waals surface area contributed by atoms with Crippen LogP contribution < -0.4 is 4.90 Å². The Morgan fingerprint density at radius 3 is 2.59 bits per heavy atom. The summed E-state index contributed by atoms with van der Waals surface area (Å²) in [6, 6.07) is 8.22. The number of nitrogens with zero attached hydrogens (tertiary/aromatic N) is 6. The van der Waals surface area contributed by atoms with Gasteiger partial charge < -0.3 is 4.90 Å². The minimum atomic E-state index is -3.20. The van der Waals surface area contributed by atoms with Crippen LogP contribution in [-0.2, 0) is 10.0 Å². The molecule has 0 spiro atoms. The average Bonchev–Trinajstić information content (AvgIpc) is 3.22. The fraction of sp³-hybridized carbons (Fsp3) is 0.471. The molecule has 3 aromatic rings. The number of benzene rings is 1. The van der Waals surface area contributed by atoms with Gasteiger partial charge in [0.15, 0.2) is 5.82 Å². The van der Waals surface area contributed by atoms with Crippen LogP contribution in [0.4, 0.5) is 5.69 Å². The fourth-order valence-corrected chi connectivity index (χ4v) is 5.12. The molecule has 1 aromatic carbocycles. The molecule has 1 atom stereocenters. The van der Waals surface area contributed by atoms with Gasteiger partial charge in [-0.1, -0.05) is 11.3 Å². The van der Waals surface area contributed by atoms with Gasteiger partial charge in [0.25, 0.3) is 0 Å². The Hall–Kier alpha value is -2.04. The highest BCUT2D eigenvalue weighted by Gasteiger charge is 2.30. The normalized spacial score (nSPS) is 18.9. The molecular formula is C17H22N6O2S2. The van der Waals surface area contributed by atoms with Crippen LogP contribution in [0.3, 0.4) is 0 Å². The van der Waals surface area contributed by atoms with E-state index in [4.69, 9.17) is 5.10 Å². The van der Waals surface area contributed by atoms with Crippen LogP contribution in [-0.4, -0.2) is 66.0 Å². The molecule has 1 saturated heterocycles. The third kappa shape index (κ3) is 3.56. The first-order valence-corrected chi connectivity index (χ1v) is 11.4. The van der Waals surface area contributed by atoms with Gasteiger partial charge in [-0.2, -0.15) is 9.61 Å². The molecule has 27 heavy (non-hydrogen) atoms. The van der Waals surface area contributed by atoms with Crippen molar-refractivity contribution in [1.82, 2.24) is 24.1 Å². The Labute approximate surface area is 162 Å². The predicted octanol–water partition coefficient (Wildman–Crippen LogP) is 2.06. The number of sulfonamides is 1. The monoisotopic (exact) mass is 406 g/mol. The molecule has 0 saturated carbocycles. The maximum absolute atomic E-state index is 11.9. The van der Waals surface area contributed by atoms with Crippen molar-refractivity contribution in [1.29, 1.82) is 0 Å². The van der Waals surface area contributed by atoms with Crippen LogP contribution in [0.25, 0.3) is 15.5 Å². The number of hydrogen-bond donors (Lipinski definition) is 0. The molecule has 0 radical (unpaired) electrons. The van der Waals surface area contributed by atoms with Crippen molar-refractivity contribution in [2.24, 2.45) is 0 Å². The minimum Gasteiger partial charge on any atom is -0.378 e. The van der Waals surface area contributed by atoms with E-state index in [1.807, 2.05) is 26.2 Å². The highest BCUT2D eigenvalue weighted by atomic mass is 32.2. The summed E-state index contributed by atoms with van der Waals surface area (Å²) in [6.45, 7) is 1.00. The Kier molecular flexibility index (Phi) is 4.65. The lowest BCUT2D eigenvalue weighted by Gasteiger charge is -2.29. The highest BCUT2D eigenvalue weighted by Crippen LogP contribution is 2.31. The average molecular weight is 407 g/mol. The van der Waals surface area contributed by atoms with E-state index in [1.54, 1.807) is 4.52 Å². The van der Waals surface area contributed by atoms with E-state index < -0.39 is 10.0 Å². The molecule has 1 fully saturated rings. The van der Waals surface area contributed by atoms with E-state index in [1.165, 1.54) is 21.9 Å². The van der Waals surface area contributed by atoms with Crippen LogP contribution in [0.1, 0.15) is 24.6 Å². The topological polar surface area (TPSA) is 83.7 Å². The Balaban J connectivity index is 1.64. The van der Waals surface area contributed by atoms with Crippen molar-refractivity contribution in [2.75, 3.05) is 38.3 Å². The Bertz CT molecular complexity index is 1050. The first-order valence-electron chi connectivity index (χ1n) is 8.78. The summed E-state index contributed by atoms with van der Waals surface area (Å²) in [6.07, 6.45) is 2.96. The molecule has 144 valence electrons. The molecule has 2 aromatic heterocycles. The van der Waals surface area contributed by atoms with E-state index in [2.05, 4.69) is 27.2 Å². The van der Waals surface area contributed by atoms with Crippen molar-refractivity contribution in [3.63, 3.8) is 0 Å². The van der Waals surface area contributed by atoms with Crippen LogP contribution >= 0.6 is 11.3 Å². The standard InChI is InChI=1S/C17H22N6O2S2/c1-21(2)14-8-6-12(7-9-14)16-20-23-15(18-19-17(23)26-16)13-5-4-10-22(11-13)27(3,24)25/h6-9,13H,4-5,10-11H2,1-3H3. The molecule has 1 unspecified atom stereocenters. The summed E-state index contributed by atoms with van der Waals surface area (Å²) >= 11 is 1.49. The zero-order valence-electron chi connectivity index (χ0n) is 15.5. The molecule has 0 N–H and O–H groups in total. The number of piperidine rings is 1. The van der Waals surface area contributed by atoms with Gasteiger partial charge in [0.1, 0.15) is 5.01 Å². The molecule has 4 rings (SSSR count). The Morgan fingerprint density at radius 1 is 1.19 bits per heavy atom. The number of rotatable bonds is 4. The second-order valence-corrected chi connectivity index (χ2v) is 10.00. The lowest BCUT2D eigenvalue weighted by Crippen LogP contribution is -2.38. The van der Waals surface area contributed by atoms with Crippen molar-refractivity contribution in [2.45, 2.75) is 18.8 Å². The fourth-order valence-electron chi connectivity index (χ4n) is 3.36. The molecule has 0 amide bonds. The smallest absolute Gasteiger partial charge is 0.234 e. The van der Waals surface area contributed by atoms with Gasteiger partial charge in [0.05, 0.1) is 6.26 Å². The molecule has 1 aliphatic heterocycles. The minimum absolute atomic E-state index is 0.00884. The number of hydrogen-bond acceptors (Lipinski definition) is 7. The summed E-state index contributed by atoms with van der Waals surface area (Å²) in [7, 11) is 0.819. The molecule has 3 heterocycles. The van der Waals surface area contributed by atoms with E-state index in [9.17, 15) is 8.42 Å². The van der Waals surface area contributed by atoms with E-state index in [-0.39, 0.29) is 5.92 Å². The van der Waals surface area contributed by atoms with Gasteiger partial charge in [-0.05, 0) is 37.1 Å². The van der Waals surface area contributed by atoms with E-state index in [0.29, 0.717) is 13.1 Å². The summed E-state index contributed by atoms with van der Waals surface area (Å²) < 4.78 is 27.1. The predicted molar refractivity (Wildman–Crippen MR) is 107 cm³/mol. The van der Waals surface area contributed by atoms with Crippen molar-refractivity contribution >= 4 is 32.0 Å². The largest absolute Gasteiger partial charge is 0.378 e. The zero-order chi connectivity index (χ0) is 19.2. The van der Waals surface area contributed by atoms with E-state index in [0.717, 1.165) is 39.9 Å². The molecular weight excluding hydrogens is 384 g/mol. The van der Waals surface area contributed by atoms with Gasteiger partial charge in [-0.3, -0.25) is 0 Å². The maximum Gasteiger partial charge on any atom is 0.234 e. The van der Waals surface area contributed by atoms with Gasteiger partial charge >= 0.3 is 0 Å². The van der Waals surface area contributed by atoms with E-state index >= 15 is 0 Å². The lowest BCUT2D eigenvalue weighted by molar-refractivity contribution is 0.309. The summed E-state index contributed by atoms with van der Waals surface area (Å²) in [5.41, 5.74) is 2.16. The lowest BCUT2D eigenvalue weighted by atomic mass is 9.99. The quantitative estimate of drug-likeness (QED) is 0.659. The summed E-state index contributed by atoms with van der Waals surface area (Å²) in [5.74, 6) is 0.750. The van der Waals surface area contributed by atoms with Crippen LogP contribution in [0.15, 0.2) is 24.3 Å². The van der Waals surface area contributed by atoms with Gasteiger partial charge in [-0.25, -0.2) is 12.7 Å². The molecule has 8 nitrogen and oxygen atoms in total. The summed E-state index contributed by atoms with van der Waals surface area (Å²) in [4.78, 5) is 2.78. The van der Waals surface area contributed by atoms with Crippen molar-refractivity contribution < 1.29 is 8.42 Å². The van der Waals surface area contributed by atoms with Gasteiger partial charge in [0, 0.05) is 44.4 Å². The molecule has 1 aliphatic rings. The first kappa shape index (κ1) is 18.3. The van der Waals surface area contributed by atoms with Crippen molar-refractivity contribution in [3.8, 4) is 10.6 Å². The second-order valence-electron chi connectivity index (χ2n) is 7.06. The van der Waals surface area contributed by atoms with Crippen LogP contribution in [0, 0.1) is 0 Å². The molecule has 0 aliphatic carbocycles. The van der Waals surface area contributed by atoms with Crippen LogP contribution in [0.2, 0.25) is 0 Å². The molecule has 0 bridgehead atoms. The SMILES string of the molecule is CN(C)c1ccc(-c2nn3c(C4CCCN(S(C)(=O)=O)C4)nnc3s2)cc1. The van der Waals surface area contributed by atoms with Crippen molar-refractivity contribution in [3.05, 3.63) is 30.1 Å². The first-order chi connectivity index (χ1) is 12.8. The third-order valence-electron chi connectivity index (χ3n) is 4.86. The third-order valence-corrected chi connectivity index (χ3v) is 7.08. The maximum atomic E-state index is 11.9. The molecule has 10 heteroatoms. The number of anilines is 1. The highest BCUT2D eigenvalue weighted by molar-refractivity contribution is 7.88. The second kappa shape index (κ2) is 6.84. The summed E-state index contributed by atoms with van der Waals surface area (Å²) in [5, 5.41) is 14.2. The number of aromatic nitrogens is 4. The van der Waals surface area contributed by atoms with Crippen LogP contribution in [0.5, 0.6) is 0 Å². The Morgan fingerprint density at radius 2 is 1.93 bits per heavy atom. The van der Waals surface area contributed by atoms with Gasteiger partial charge in [0.2, 0.25) is 15.0 Å². The number of fused-ring (bicyclic) bond motifs is 1. The van der Waals surface area contributed by atoms with Gasteiger partial charge in [-0.15, -0.1) is 10.2 Å². The zero-order valence-corrected chi connectivity index (χ0v) is 17.2.